The zero-order valence-electron chi connectivity index (χ0n) is 13.9. The van der Waals surface area contributed by atoms with Crippen molar-refractivity contribution < 1.29 is 64.3 Å². The van der Waals surface area contributed by atoms with Crippen molar-refractivity contribution >= 4 is 11.9 Å². The van der Waals surface area contributed by atoms with Crippen LogP contribution >= 0.6 is 0 Å². The molecule has 0 unspecified atom stereocenters. The number of carboxylic acids is 1. The highest BCUT2D eigenvalue weighted by molar-refractivity contribution is 5.90. The molecule has 7 N–H and O–H groups in total. The van der Waals surface area contributed by atoms with Gasteiger partial charge >= 0.3 is 11.9 Å². The van der Waals surface area contributed by atoms with Crippen LogP contribution in [0, 0.1) is 0 Å². The number of hydrogen-bond donors (Lipinski definition) is 7. The van der Waals surface area contributed by atoms with Crippen LogP contribution in [0.4, 0.5) is 0 Å². The normalized spacial score (nSPS) is 42.1. The van der Waals surface area contributed by atoms with E-state index < -0.39 is 86.9 Å². The highest BCUT2D eigenvalue weighted by Gasteiger charge is 2.52. The summed E-state index contributed by atoms with van der Waals surface area (Å²) in [7, 11) is 0. The minimum Gasteiger partial charge on any atom is -0.481 e. The highest BCUT2D eigenvalue weighted by Crippen LogP contribution is 2.30. The summed E-state index contributed by atoms with van der Waals surface area (Å²) in [6.07, 6.45) is -12.4. The largest absolute Gasteiger partial charge is 0.481 e. The van der Waals surface area contributed by atoms with E-state index in [0.717, 1.165) is 0 Å². The number of ether oxygens (including phenoxy) is 4. The number of hydrogen-bond acceptors (Lipinski definition) is 12. The lowest BCUT2D eigenvalue weighted by Gasteiger charge is -2.41. The standard InChI is InChI=1S/C14H22O13/c15-3-14(23)4-25-13(11(14)21)27-10-9(20)8(19)5(26-12(10)22)2-24-7(18)1-6(16)17/h5,8-13,15,19-23H,1-4H2,(H,16,17)/t5-,8-,9+,10-,11+,12-,13+,14-/m1/s1. The summed E-state index contributed by atoms with van der Waals surface area (Å²) < 4.78 is 19.8. The predicted molar refractivity (Wildman–Crippen MR) is 78.8 cm³/mol. The molecule has 0 aromatic carbocycles. The number of esters is 1. The van der Waals surface area contributed by atoms with E-state index in [4.69, 9.17) is 24.4 Å². The molecule has 2 aliphatic heterocycles. The number of carbonyl (C=O) groups excluding carboxylic acids is 1. The van der Waals surface area contributed by atoms with Gasteiger partial charge in [0, 0.05) is 0 Å². The van der Waals surface area contributed by atoms with Crippen molar-refractivity contribution in [1.29, 1.82) is 0 Å². The Morgan fingerprint density at radius 2 is 1.81 bits per heavy atom. The lowest BCUT2D eigenvalue weighted by Crippen LogP contribution is -2.61. The van der Waals surface area contributed by atoms with Gasteiger partial charge in [-0.3, -0.25) is 9.59 Å². The van der Waals surface area contributed by atoms with E-state index in [1.807, 2.05) is 0 Å². The molecule has 0 spiro atoms. The lowest BCUT2D eigenvalue weighted by atomic mass is 9.98. The van der Waals surface area contributed by atoms with E-state index in [0.29, 0.717) is 0 Å². The SMILES string of the molecule is O=C(O)CC(=O)OC[C@H]1O[C@@H](O)[C@H](O[C@@H]2OC[C@](O)(CO)[C@H]2O)[C@@H](O)[C@@H]1O. The van der Waals surface area contributed by atoms with Gasteiger partial charge in [0.1, 0.15) is 49.1 Å². The van der Waals surface area contributed by atoms with Gasteiger partial charge in [0.25, 0.3) is 0 Å². The number of aliphatic hydroxyl groups is 6. The Morgan fingerprint density at radius 3 is 2.37 bits per heavy atom. The van der Waals surface area contributed by atoms with Crippen molar-refractivity contribution in [2.75, 3.05) is 19.8 Å². The molecule has 0 saturated carbocycles. The molecule has 27 heavy (non-hydrogen) atoms. The Bertz CT molecular complexity index is 541. The molecule has 0 aromatic rings. The average molecular weight is 398 g/mol. The number of carbonyl (C=O) groups is 2. The molecule has 0 amide bonds. The van der Waals surface area contributed by atoms with Crippen LogP contribution in [0.3, 0.4) is 0 Å². The first-order valence-electron chi connectivity index (χ1n) is 7.94. The minimum absolute atomic E-state index is 0.472. The molecular formula is C14H22O13. The van der Waals surface area contributed by atoms with Gasteiger partial charge in [-0.05, 0) is 0 Å². The first-order valence-corrected chi connectivity index (χ1v) is 7.94. The summed E-state index contributed by atoms with van der Waals surface area (Å²) in [6, 6.07) is 0. The molecule has 13 heteroatoms. The summed E-state index contributed by atoms with van der Waals surface area (Å²) in [5.41, 5.74) is -1.99. The third kappa shape index (κ3) is 4.90. The molecule has 13 nitrogen and oxygen atoms in total. The van der Waals surface area contributed by atoms with Crippen molar-refractivity contribution in [2.45, 2.75) is 55.1 Å². The van der Waals surface area contributed by atoms with Crippen LogP contribution in [-0.4, -0.2) is 116 Å². The van der Waals surface area contributed by atoms with Gasteiger partial charge in [0.2, 0.25) is 0 Å². The van der Waals surface area contributed by atoms with Gasteiger partial charge in [-0.15, -0.1) is 0 Å². The maximum atomic E-state index is 11.2. The third-order valence-corrected chi connectivity index (χ3v) is 4.24. The molecule has 0 aromatic heterocycles. The second-order valence-corrected chi connectivity index (χ2v) is 6.29. The van der Waals surface area contributed by atoms with Crippen LogP contribution in [0.2, 0.25) is 0 Å². The molecule has 2 aliphatic rings. The predicted octanol–water partition coefficient (Wildman–Crippen LogP) is -4.73. The summed E-state index contributed by atoms with van der Waals surface area (Å²) in [6.45, 7) is -1.94. The zero-order valence-corrected chi connectivity index (χ0v) is 13.9. The van der Waals surface area contributed by atoms with Gasteiger partial charge in [0.15, 0.2) is 12.6 Å². The van der Waals surface area contributed by atoms with Gasteiger partial charge in [0.05, 0.1) is 13.2 Å². The van der Waals surface area contributed by atoms with Crippen LogP contribution in [0.1, 0.15) is 6.42 Å². The smallest absolute Gasteiger partial charge is 0.317 e. The maximum absolute atomic E-state index is 11.2. The quantitative estimate of drug-likeness (QED) is 0.159. The molecule has 156 valence electrons. The Kier molecular flexibility index (Phi) is 7.07. The molecule has 0 aliphatic carbocycles. The van der Waals surface area contributed by atoms with Crippen molar-refractivity contribution in [3.05, 3.63) is 0 Å². The van der Waals surface area contributed by atoms with Crippen LogP contribution < -0.4 is 0 Å². The first kappa shape index (κ1) is 21.9. The van der Waals surface area contributed by atoms with Crippen LogP contribution in [0.15, 0.2) is 0 Å². The van der Waals surface area contributed by atoms with E-state index in [9.17, 15) is 35.1 Å². The van der Waals surface area contributed by atoms with E-state index in [2.05, 4.69) is 4.74 Å². The molecule has 2 heterocycles. The molecule has 2 rings (SSSR count). The van der Waals surface area contributed by atoms with Gasteiger partial charge in [-0.2, -0.15) is 0 Å². The second-order valence-electron chi connectivity index (χ2n) is 6.29. The fraction of sp³-hybridized carbons (Fsp3) is 0.857. The van der Waals surface area contributed by atoms with E-state index in [-0.39, 0.29) is 0 Å². The van der Waals surface area contributed by atoms with Crippen molar-refractivity contribution in [3.8, 4) is 0 Å². The molecule has 2 saturated heterocycles. The van der Waals surface area contributed by atoms with Gasteiger partial charge < -0.3 is 54.7 Å². The number of rotatable bonds is 7. The fourth-order valence-electron chi connectivity index (χ4n) is 2.62. The Labute approximate surface area is 152 Å². The second kappa shape index (κ2) is 8.72. The molecule has 0 radical (unpaired) electrons. The summed E-state index contributed by atoms with van der Waals surface area (Å²) in [4.78, 5) is 21.6. The summed E-state index contributed by atoms with van der Waals surface area (Å²) >= 11 is 0. The molecular weight excluding hydrogens is 376 g/mol. The number of carboxylic acid groups (broad SMARTS) is 1. The van der Waals surface area contributed by atoms with E-state index >= 15 is 0 Å². The van der Waals surface area contributed by atoms with Crippen molar-refractivity contribution in [1.82, 2.24) is 0 Å². The lowest BCUT2D eigenvalue weighted by molar-refractivity contribution is -0.326. The fourth-order valence-corrected chi connectivity index (χ4v) is 2.62. The number of aliphatic hydroxyl groups excluding tert-OH is 5. The van der Waals surface area contributed by atoms with Crippen LogP contribution in [0.5, 0.6) is 0 Å². The Morgan fingerprint density at radius 1 is 1.15 bits per heavy atom. The first-order chi connectivity index (χ1) is 12.6. The van der Waals surface area contributed by atoms with Crippen molar-refractivity contribution in [3.63, 3.8) is 0 Å². The zero-order chi connectivity index (χ0) is 20.4. The Balaban J connectivity index is 1.93. The maximum Gasteiger partial charge on any atom is 0.317 e. The topological polar surface area (TPSA) is 213 Å². The molecule has 0 bridgehead atoms. The Hall–Kier alpha value is -1.42. The minimum atomic E-state index is -1.99. The monoisotopic (exact) mass is 398 g/mol. The third-order valence-electron chi connectivity index (χ3n) is 4.24. The average Bonchev–Trinajstić information content (AvgIpc) is 2.89. The molecule has 8 atom stereocenters. The van der Waals surface area contributed by atoms with Crippen molar-refractivity contribution in [2.24, 2.45) is 0 Å². The van der Waals surface area contributed by atoms with E-state index in [1.165, 1.54) is 0 Å². The van der Waals surface area contributed by atoms with Crippen LogP contribution in [-0.2, 0) is 28.5 Å². The molecule has 2 fully saturated rings. The number of aliphatic carboxylic acids is 1. The van der Waals surface area contributed by atoms with Crippen LogP contribution in [0.25, 0.3) is 0 Å². The van der Waals surface area contributed by atoms with Gasteiger partial charge in [-0.1, -0.05) is 0 Å². The summed E-state index contributed by atoms with van der Waals surface area (Å²) in [5.74, 6) is -2.52. The van der Waals surface area contributed by atoms with Gasteiger partial charge in [-0.25, -0.2) is 0 Å². The highest BCUT2D eigenvalue weighted by atomic mass is 16.7. The summed E-state index contributed by atoms with van der Waals surface area (Å²) in [5, 5.41) is 67.5. The van der Waals surface area contributed by atoms with E-state index in [1.54, 1.807) is 0 Å².